The van der Waals surface area contributed by atoms with E-state index in [1.807, 2.05) is 5.43 Å². The average Bonchev–Trinajstić information content (AvgIpc) is 2.35. The second kappa shape index (κ2) is 5.76. The highest BCUT2D eigenvalue weighted by atomic mass is 16.2. The van der Waals surface area contributed by atoms with Gasteiger partial charge in [0.15, 0.2) is 0 Å². The number of amides is 2. The Labute approximate surface area is 98.9 Å². The summed E-state index contributed by atoms with van der Waals surface area (Å²) in [6.07, 6.45) is 0. The fourth-order valence-electron chi connectivity index (χ4n) is 1.11. The molecule has 0 aliphatic rings. The van der Waals surface area contributed by atoms with E-state index in [2.05, 4.69) is 10.5 Å². The zero-order chi connectivity index (χ0) is 12.8. The molecule has 17 heavy (non-hydrogen) atoms. The monoisotopic (exact) mass is 234 g/mol. The van der Waals surface area contributed by atoms with Gasteiger partial charge in [-0.15, -0.1) is 0 Å². The summed E-state index contributed by atoms with van der Waals surface area (Å²) in [6, 6.07) is 6.19. The molecule has 0 unspecified atom stereocenters. The number of nitrogens with one attached hydrogen (secondary N) is 2. The highest BCUT2D eigenvalue weighted by Crippen LogP contribution is 2.05. The average molecular weight is 234 g/mol. The molecule has 90 valence electrons. The molecule has 2 amide bonds. The molecule has 4 N–H and O–H groups in total. The van der Waals surface area contributed by atoms with E-state index < -0.39 is 5.91 Å². The number of hydrogen-bond acceptors (Lipinski definition) is 4. The van der Waals surface area contributed by atoms with Crippen LogP contribution in [0.4, 0.5) is 0 Å². The van der Waals surface area contributed by atoms with Crippen molar-refractivity contribution in [2.75, 3.05) is 0 Å². The molecule has 1 aromatic carbocycles. The first kappa shape index (κ1) is 12.9. The number of carbonyl (C=O) groups excluding carboxylic acids is 2. The van der Waals surface area contributed by atoms with E-state index in [9.17, 15) is 9.59 Å². The third-order valence-corrected chi connectivity index (χ3v) is 1.90. The predicted molar refractivity (Wildman–Crippen MR) is 64.3 cm³/mol. The number of benzene rings is 1. The molecule has 0 saturated carbocycles. The van der Waals surface area contributed by atoms with Crippen LogP contribution in [0.1, 0.15) is 34.6 Å². The Balaban J connectivity index is 2.88. The van der Waals surface area contributed by atoms with Crippen molar-refractivity contribution in [2.24, 2.45) is 10.9 Å². The number of nitrogen functional groups attached to an aromatic ring is 1. The van der Waals surface area contributed by atoms with E-state index in [4.69, 9.17) is 5.84 Å². The second-order valence-corrected chi connectivity index (χ2v) is 3.55. The summed E-state index contributed by atoms with van der Waals surface area (Å²) in [4.78, 5) is 22.9. The molecule has 1 rings (SSSR count). The number of nitrogens with two attached hydrogens (primary N) is 1. The van der Waals surface area contributed by atoms with Gasteiger partial charge in [0, 0.05) is 16.8 Å². The summed E-state index contributed by atoms with van der Waals surface area (Å²) in [5, 5.41) is 3.79. The molecule has 0 aliphatic carbocycles. The van der Waals surface area contributed by atoms with Crippen LogP contribution in [0, 0.1) is 0 Å². The van der Waals surface area contributed by atoms with Crippen molar-refractivity contribution in [1.82, 2.24) is 10.9 Å². The summed E-state index contributed by atoms with van der Waals surface area (Å²) in [7, 11) is 0. The number of hydrazone groups is 1. The van der Waals surface area contributed by atoms with Crippen LogP contribution >= 0.6 is 0 Å². The molecule has 6 nitrogen and oxygen atoms in total. The SMILES string of the molecule is CC(C)=NNC(=O)c1cccc(C(=O)NN)c1. The highest BCUT2D eigenvalue weighted by Gasteiger charge is 2.08. The third kappa shape index (κ3) is 3.69. The number of hydrogen-bond donors (Lipinski definition) is 3. The summed E-state index contributed by atoms with van der Waals surface area (Å²) < 4.78 is 0. The third-order valence-electron chi connectivity index (χ3n) is 1.90. The Morgan fingerprint density at radius 2 is 1.76 bits per heavy atom. The first-order chi connectivity index (χ1) is 8.04. The van der Waals surface area contributed by atoms with Gasteiger partial charge in [-0.25, -0.2) is 11.3 Å². The van der Waals surface area contributed by atoms with Crippen molar-refractivity contribution in [1.29, 1.82) is 0 Å². The lowest BCUT2D eigenvalue weighted by Gasteiger charge is -2.03. The topological polar surface area (TPSA) is 96.6 Å². The molecular formula is C11H14N4O2. The van der Waals surface area contributed by atoms with Gasteiger partial charge in [0.25, 0.3) is 11.8 Å². The van der Waals surface area contributed by atoms with Crippen LogP contribution in [-0.4, -0.2) is 17.5 Å². The summed E-state index contributed by atoms with van der Waals surface area (Å²) in [5.41, 5.74) is 5.76. The maximum Gasteiger partial charge on any atom is 0.271 e. The van der Waals surface area contributed by atoms with Crippen LogP contribution in [-0.2, 0) is 0 Å². The van der Waals surface area contributed by atoms with E-state index >= 15 is 0 Å². The normalized spacial score (nSPS) is 9.35. The zero-order valence-corrected chi connectivity index (χ0v) is 9.65. The van der Waals surface area contributed by atoms with Gasteiger partial charge in [0.05, 0.1) is 0 Å². The molecule has 0 fully saturated rings. The molecule has 0 spiro atoms. The van der Waals surface area contributed by atoms with Gasteiger partial charge in [0.1, 0.15) is 0 Å². The van der Waals surface area contributed by atoms with Crippen molar-refractivity contribution in [3.63, 3.8) is 0 Å². The first-order valence-corrected chi connectivity index (χ1v) is 4.97. The largest absolute Gasteiger partial charge is 0.290 e. The first-order valence-electron chi connectivity index (χ1n) is 4.97. The Morgan fingerprint density at radius 3 is 2.29 bits per heavy atom. The van der Waals surface area contributed by atoms with E-state index in [0.717, 1.165) is 5.71 Å². The maximum atomic E-state index is 11.6. The van der Waals surface area contributed by atoms with Crippen molar-refractivity contribution >= 4 is 17.5 Å². The Bertz CT molecular complexity index is 464. The van der Waals surface area contributed by atoms with Crippen LogP contribution in [0.15, 0.2) is 29.4 Å². The molecule has 1 aromatic rings. The zero-order valence-electron chi connectivity index (χ0n) is 9.65. The number of carbonyl (C=O) groups is 2. The summed E-state index contributed by atoms with van der Waals surface area (Å²) >= 11 is 0. The molecule has 0 aromatic heterocycles. The Morgan fingerprint density at radius 1 is 1.18 bits per heavy atom. The van der Waals surface area contributed by atoms with Crippen LogP contribution in [0.25, 0.3) is 0 Å². The minimum atomic E-state index is -0.449. The predicted octanol–water partition coefficient (Wildman–Crippen LogP) is 0.416. The van der Waals surface area contributed by atoms with E-state index in [-0.39, 0.29) is 5.91 Å². The Hall–Kier alpha value is -2.21. The van der Waals surface area contributed by atoms with Crippen molar-refractivity contribution in [2.45, 2.75) is 13.8 Å². The summed E-state index contributed by atoms with van der Waals surface area (Å²) in [5.74, 6) is 4.18. The van der Waals surface area contributed by atoms with Crippen molar-refractivity contribution in [3.8, 4) is 0 Å². The number of rotatable bonds is 3. The molecule has 6 heteroatoms. The van der Waals surface area contributed by atoms with E-state index in [0.29, 0.717) is 11.1 Å². The quantitative estimate of drug-likeness (QED) is 0.306. The minimum Gasteiger partial charge on any atom is -0.290 e. The molecule has 0 atom stereocenters. The van der Waals surface area contributed by atoms with Gasteiger partial charge < -0.3 is 0 Å². The van der Waals surface area contributed by atoms with Crippen LogP contribution in [0.2, 0.25) is 0 Å². The standard InChI is InChI=1S/C11H14N4O2/c1-7(2)14-15-11(17)9-5-3-4-8(6-9)10(16)13-12/h3-6H,12H2,1-2H3,(H,13,16)(H,15,17). The van der Waals surface area contributed by atoms with E-state index in [1.54, 1.807) is 32.0 Å². The number of hydrazine groups is 1. The lowest BCUT2D eigenvalue weighted by atomic mass is 10.1. The van der Waals surface area contributed by atoms with Crippen LogP contribution in [0.5, 0.6) is 0 Å². The van der Waals surface area contributed by atoms with Gasteiger partial charge >= 0.3 is 0 Å². The van der Waals surface area contributed by atoms with E-state index in [1.165, 1.54) is 6.07 Å². The van der Waals surface area contributed by atoms with Gasteiger partial charge in [0.2, 0.25) is 0 Å². The second-order valence-electron chi connectivity index (χ2n) is 3.55. The lowest BCUT2D eigenvalue weighted by Crippen LogP contribution is -2.30. The van der Waals surface area contributed by atoms with Gasteiger partial charge in [-0.3, -0.25) is 15.0 Å². The Kier molecular flexibility index (Phi) is 4.36. The van der Waals surface area contributed by atoms with Gasteiger partial charge in [-0.05, 0) is 32.0 Å². The fraction of sp³-hybridized carbons (Fsp3) is 0.182. The van der Waals surface area contributed by atoms with Gasteiger partial charge in [-0.2, -0.15) is 5.10 Å². The molecule has 0 radical (unpaired) electrons. The molecule has 0 bridgehead atoms. The van der Waals surface area contributed by atoms with Crippen LogP contribution < -0.4 is 16.7 Å². The van der Waals surface area contributed by atoms with Crippen molar-refractivity contribution < 1.29 is 9.59 Å². The van der Waals surface area contributed by atoms with Gasteiger partial charge in [-0.1, -0.05) is 6.07 Å². The minimum absolute atomic E-state index is 0.317. The highest BCUT2D eigenvalue weighted by molar-refractivity contribution is 5.99. The molecular weight excluding hydrogens is 220 g/mol. The molecule has 0 heterocycles. The van der Waals surface area contributed by atoms with Crippen LogP contribution in [0.3, 0.4) is 0 Å². The fourth-order valence-corrected chi connectivity index (χ4v) is 1.11. The molecule has 0 aliphatic heterocycles. The summed E-state index contributed by atoms with van der Waals surface area (Å²) in [6.45, 7) is 3.52. The lowest BCUT2D eigenvalue weighted by molar-refractivity contribution is 0.0953. The molecule has 0 saturated heterocycles. The van der Waals surface area contributed by atoms with Crippen molar-refractivity contribution in [3.05, 3.63) is 35.4 Å². The number of nitrogens with zero attached hydrogens (tertiary/aromatic N) is 1. The smallest absolute Gasteiger partial charge is 0.271 e. The maximum absolute atomic E-state index is 11.6.